The first-order chi connectivity index (χ1) is 23.4. The Labute approximate surface area is 288 Å². The molecule has 0 fully saturated rings. The lowest BCUT2D eigenvalue weighted by Crippen LogP contribution is -2.55. The number of hydrogen-bond donors (Lipinski definition) is 6. The zero-order valence-corrected chi connectivity index (χ0v) is 28.9. The number of hydrogen-bond acceptors (Lipinski definition) is 8. The Morgan fingerprint density at radius 1 is 0.837 bits per heavy atom. The summed E-state index contributed by atoms with van der Waals surface area (Å²) in [7, 11) is 0. The summed E-state index contributed by atoms with van der Waals surface area (Å²) in [6.07, 6.45) is 0.828. The summed E-state index contributed by atoms with van der Waals surface area (Å²) in [5, 5.41) is 40.3. The summed E-state index contributed by atoms with van der Waals surface area (Å²) in [4.78, 5) is 52.3. The number of ether oxygens (including phenoxy) is 1. The van der Waals surface area contributed by atoms with E-state index in [0.29, 0.717) is 24.9 Å². The Morgan fingerprint density at radius 3 is 2.18 bits per heavy atom. The van der Waals surface area contributed by atoms with Crippen molar-refractivity contribution in [2.75, 3.05) is 11.9 Å². The Kier molecular flexibility index (Phi) is 15.5. The van der Waals surface area contributed by atoms with Gasteiger partial charge in [0.1, 0.15) is 18.7 Å². The molecular formula is C38H51N3O8. The zero-order chi connectivity index (χ0) is 35.9. The molecule has 11 nitrogen and oxygen atoms in total. The summed E-state index contributed by atoms with van der Waals surface area (Å²) >= 11 is 0. The number of aliphatic hydroxyl groups excluding tert-OH is 2. The van der Waals surface area contributed by atoms with Gasteiger partial charge >= 0.3 is 11.9 Å². The second-order valence-corrected chi connectivity index (χ2v) is 12.9. The van der Waals surface area contributed by atoms with Gasteiger partial charge < -0.3 is 36.0 Å². The first-order valence-electron chi connectivity index (χ1n) is 17.1. The molecule has 3 unspecified atom stereocenters. The highest BCUT2D eigenvalue weighted by Gasteiger charge is 2.31. The number of esters is 1. The molecule has 3 aromatic rings. The molecule has 0 spiro atoms. The molecule has 49 heavy (non-hydrogen) atoms. The molecule has 2 amide bonds. The van der Waals surface area contributed by atoms with Crippen molar-refractivity contribution in [3.63, 3.8) is 0 Å². The third-order valence-electron chi connectivity index (χ3n) is 8.47. The fourth-order valence-corrected chi connectivity index (χ4v) is 5.71. The monoisotopic (exact) mass is 677 g/mol. The lowest BCUT2D eigenvalue weighted by atomic mass is 9.90. The lowest BCUT2D eigenvalue weighted by Gasteiger charge is -2.30. The molecule has 5 atom stereocenters. The van der Waals surface area contributed by atoms with Crippen LogP contribution in [-0.2, 0) is 25.7 Å². The molecule has 0 saturated heterocycles. The predicted molar refractivity (Wildman–Crippen MR) is 189 cm³/mol. The van der Waals surface area contributed by atoms with Crippen LogP contribution in [0.5, 0.6) is 0 Å². The lowest BCUT2D eigenvalue weighted by molar-refractivity contribution is -0.143. The van der Waals surface area contributed by atoms with Crippen LogP contribution in [0.15, 0.2) is 66.7 Å². The molecule has 3 rings (SSSR count). The van der Waals surface area contributed by atoms with E-state index in [9.17, 15) is 34.5 Å². The Morgan fingerprint density at radius 2 is 1.53 bits per heavy atom. The second-order valence-electron chi connectivity index (χ2n) is 12.9. The van der Waals surface area contributed by atoms with Gasteiger partial charge in [-0.3, -0.25) is 14.4 Å². The highest BCUT2D eigenvalue weighted by molar-refractivity contribution is 6.07. The predicted octanol–water partition coefficient (Wildman–Crippen LogP) is 5.04. The fourth-order valence-electron chi connectivity index (χ4n) is 5.71. The molecule has 0 bridgehead atoms. The van der Waals surface area contributed by atoms with E-state index in [4.69, 9.17) is 4.74 Å². The van der Waals surface area contributed by atoms with Crippen molar-refractivity contribution in [2.45, 2.75) is 97.1 Å². The maximum Gasteiger partial charge on any atom is 0.340 e. The number of nitrogens with one attached hydrogen (secondary N) is 3. The quantitative estimate of drug-likeness (QED) is 0.0896. The molecule has 266 valence electrons. The van der Waals surface area contributed by atoms with Gasteiger partial charge in [0, 0.05) is 12.0 Å². The minimum Gasteiger partial charge on any atom is -0.481 e. The first-order valence-corrected chi connectivity index (χ1v) is 17.1. The number of fused-ring (bicyclic) bond motifs is 1. The molecule has 3 aromatic carbocycles. The number of aliphatic hydroxyl groups is 2. The van der Waals surface area contributed by atoms with Crippen LogP contribution in [0.2, 0.25) is 0 Å². The van der Waals surface area contributed by atoms with E-state index in [1.54, 1.807) is 13.0 Å². The Balaban J connectivity index is 1.79. The van der Waals surface area contributed by atoms with Crippen molar-refractivity contribution < 1.29 is 39.2 Å². The standard InChI is InChI=1S/C38H51N3O8/c1-5-6-16-31(36(45)41-32(21-24(2)3)33(43)22-28(19-20-42)37(46)47)40-35(44)25(4)39-34-29-15-11-10-14-27(29)17-18-30(34)38(48)49-23-26-12-8-7-9-13-26/h7-15,17-18,24-25,28,31-33,39,42-43H,5-6,16,19-23H2,1-4H3,(H,40,44)(H,41,45)(H,46,47)/t25?,28?,31-,32-,33?/m0/s1. The Bertz CT molecular complexity index is 1530. The molecular weight excluding hydrogens is 626 g/mol. The van der Waals surface area contributed by atoms with Crippen molar-refractivity contribution in [1.82, 2.24) is 10.6 Å². The SMILES string of the molecule is CCCC[C@H](NC(=O)C(C)Nc1c(C(=O)OCc2ccccc2)ccc2ccccc12)C(=O)N[C@@H](CC(C)C)C(O)CC(CCO)C(=O)O. The van der Waals surface area contributed by atoms with Crippen molar-refractivity contribution in [3.8, 4) is 0 Å². The average Bonchev–Trinajstić information content (AvgIpc) is 3.08. The normalized spacial score (nSPS) is 14.3. The number of rotatable bonds is 20. The number of aliphatic carboxylic acids is 1. The van der Waals surface area contributed by atoms with Gasteiger partial charge in [0.25, 0.3) is 0 Å². The van der Waals surface area contributed by atoms with E-state index >= 15 is 0 Å². The van der Waals surface area contributed by atoms with E-state index in [2.05, 4.69) is 16.0 Å². The highest BCUT2D eigenvalue weighted by Crippen LogP contribution is 2.29. The minimum absolute atomic E-state index is 0.0159. The highest BCUT2D eigenvalue weighted by atomic mass is 16.5. The number of benzene rings is 3. The summed E-state index contributed by atoms with van der Waals surface area (Å²) in [5.74, 6) is -3.53. The molecule has 0 radical (unpaired) electrons. The summed E-state index contributed by atoms with van der Waals surface area (Å²) < 4.78 is 5.62. The number of unbranched alkanes of at least 4 members (excludes halogenated alkanes) is 1. The number of amides is 2. The summed E-state index contributed by atoms with van der Waals surface area (Å²) in [6, 6.07) is 17.7. The number of carbonyl (C=O) groups is 4. The van der Waals surface area contributed by atoms with Crippen LogP contribution < -0.4 is 16.0 Å². The number of anilines is 1. The van der Waals surface area contributed by atoms with Gasteiger partial charge in [-0.15, -0.1) is 0 Å². The summed E-state index contributed by atoms with van der Waals surface area (Å²) in [6.45, 7) is 7.22. The molecule has 0 aliphatic carbocycles. The van der Waals surface area contributed by atoms with E-state index in [1.807, 2.05) is 81.4 Å². The van der Waals surface area contributed by atoms with Crippen molar-refractivity contribution in [2.24, 2.45) is 11.8 Å². The smallest absolute Gasteiger partial charge is 0.340 e. The molecule has 0 aliphatic rings. The van der Waals surface area contributed by atoms with Crippen molar-refractivity contribution >= 4 is 40.2 Å². The minimum atomic E-state index is -1.17. The van der Waals surface area contributed by atoms with Gasteiger partial charge in [-0.05, 0) is 55.5 Å². The van der Waals surface area contributed by atoms with Gasteiger partial charge in [0.15, 0.2) is 0 Å². The van der Waals surface area contributed by atoms with Crippen LogP contribution in [0.3, 0.4) is 0 Å². The third-order valence-corrected chi connectivity index (χ3v) is 8.47. The zero-order valence-electron chi connectivity index (χ0n) is 28.9. The Hall–Kier alpha value is -4.48. The van der Waals surface area contributed by atoms with E-state index in [0.717, 1.165) is 22.8 Å². The molecule has 0 heterocycles. The van der Waals surface area contributed by atoms with Crippen LogP contribution in [0.4, 0.5) is 5.69 Å². The number of carbonyl (C=O) groups excluding carboxylic acids is 3. The largest absolute Gasteiger partial charge is 0.481 e. The van der Waals surface area contributed by atoms with Gasteiger partial charge in [-0.2, -0.15) is 0 Å². The maximum atomic E-state index is 13.6. The topological polar surface area (TPSA) is 174 Å². The van der Waals surface area contributed by atoms with Crippen molar-refractivity contribution in [3.05, 3.63) is 77.9 Å². The molecule has 0 saturated carbocycles. The van der Waals surface area contributed by atoms with Crippen LogP contribution in [0.25, 0.3) is 10.8 Å². The van der Waals surface area contributed by atoms with Crippen LogP contribution in [0, 0.1) is 11.8 Å². The van der Waals surface area contributed by atoms with E-state index < -0.39 is 53.9 Å². The van der Waals surface area contributed by atoms with E-state index in [1.165, 1.54) is 0 Å². The first kappa shape index (κ1) is 39.0. The molecule has 0 aromatic heterocycles. The van der Waals surface area contributed by atoms with Gasteiger partial charge in [0.05, 0.1) is 29.3 Å². The maximum absolute atomic E-state index is 13.6. The van der Waals surface area contributed by atoms with Crippen LogP contribution in [-0.4, -0.2) is 69.9 Å². The number of carboxylic acid groups (broad SMARTS) is 1. The van der Waals surface area contributed by atoms with Crippen LogP contribution in [0.1, 0.15) is 82.1 Å². The summed E-state index contributed by atoms with van der Waals surface area (Å²) in [5.41, 5.74) is 1.54. The number of carboxylic acids is 1. The third kappa shape index (κ3) is 11.9. The second kappa shape index (κ2) is 19.5. The van der Waals surface area contributed by atoms with Crippen molar-refractivity contribution in [1.29, 1.82) is 0 Å². The van der Waals surface area contributed by atoms with Gasteiger partial charge in [-0.1, -0.05) is 94.3 Å². The molecule has 11 heteroatoms. The van der Waals surface area contributed by atoms with Gasteiger partial charge in [0.2, 0.25) is 11.8 Å². The molecule has 6 N–H and O–H groups in total. The van der Waals surface area contributed by atoms with Gasteiger partial charge in [-0.25, -0.2) is 4.79 Å². The molecule has 0 aliphatic heterocycles. The van der Waals surface area contributed by atoms with Crippen LogP contribution >= 0.6 is 0 Å². The van der Waals surface area contributed by atoms with E-state index in [-0.39, 0.29) is 37.5 Å². The average molecular weight is 678 g/mol. The fraction of sp³-hybridized carbons (Fsp3) is 0.474.